The Morgan fingerprint density at radius 1 is 1.45 bits per heavy atom. The molecule has 7 nitrogen and oxygen atoms in total. The maximum atomic E-state index is 11.5. The van der Waals surface area contributed by atoms with E-state index in [9.17, 15) is 14.7 Å². The second-order valence-electron chi connectivity index (χ2n) is 4.73. The lowest BCUT2D eigenvalue weighted by Gasteiger charge is -2.08. The van der Waals surface area contributed by atoms with Gasteiger partial charge in [0.05, 0.1) is 16.4 Å². The van der Waals surface area contributed by atoms with Gasteiger partial charge in [0.15, 0.2) is 11.5 Å². The Bertz CT molecular complexity index is 614. The van der Waals surface area contributed by atoms with Crippen LogP contribution in [0.25, 0.3) is 0 Å². The molecule has 22 heavy (non-hydrogen) atoms. The van der Waals surface area contributed by atoms with E-state index in [2.05, 4.69) is 15.8 Å². The van der Waals surface area contributed by atoms with Crippen molar-refractivity contribution in [2.75, 3.05) is 6.61 Å². The number of carbonyl (C=O) groups excluding carboxylic acids is 2. The minimum Gasteiger partial charge on any atom is -0.504 e. The maximum Gasteiger partial charge on any atom is 0.329 e. The van der Waals surface area contributed by atoms with Gasteiger partial charge in [-0.15, -0.1) is 0 Å². The molecule has 1 saturated carbocycles. The van der Waals surface area contributed by atoms with Gasteiger partial charge >= 0.3 is 11.8 Å². The van der Waals surface area contributed by atoms with Gasteiger partial charge in [-0.1, -0.05) is 0 Å². The minimum absolute atomic E-state index is 0.0625. The molecule has 1 aromatic rings. The summed E-state index contributed by atoms with van der Waals surface area (Å²) in [5.74, 6) is -1.09. The summed E-state index contributed by atoms with van der Waals surface area (Å²) in [5.41, 5.74) is 2.80. The van der Waals surface area contributed by atoms with E-state index in [1.54, 1.807) is 12.1 Å². The van der Waals surface area contributed by atoms with E-state index in [0.29, 0.717) is 21.5 Å². The van der Waals surface area contributed by atoms with E-state index in [0.717, 1.165) is 12.8 Å². The molecule has 118 valence electrons. The second kappa shape index (κ2) is 7.43. The second-order valence-corrected chi connectivity index (χ2v) is 5.89. The quantitative estimate of drug-likeness (QED) is 0.290. The zero-order valence-electron chi connectivity index (χ0n) is 11.9. The number of phenolic OH excluding ortho intramolecular Hbond substituents is 1. The molecule has 0 bridgehead atoms. The van der Waals surface area contributed by atoms with Crippen LogP contribution in [-0.4, -0.2) is 35.8 Å². The van der Waals surface area contributed by atoms with Gasteiger partial charge in [-0.05, 0) is 60.1 Å². The molecule has 1 aliphatic rings. The Morgan fingerprint density at radius 3 is 2.82 bits per heavy atom. The van der Waals surface area contributed by atoms with Crippen LogP contribution >= 0.6 is 22.6 Å². The third kappa shape index (κ3) is 4.58. The Balaban J connectivity index is 1.97. The molecule has 0 unspecified atom stereocenters. The highest BCUT2D eigenvalue weighted by Crippen LogP contribution is 2.32. The number of phenols is 1. The van der Waals surface area contributed by atoms with Crippen molar-refractivity contribution in [2.24, 2.45) is 5.10 Å². The van der Waals surface area contributed by atoms with E-state index < -0.39 is 11.8 Å². The van der Waals surface area contributed by atoms with Gasteiger partial charge in [0.25, 0.3) is 0 Å². The fourth-order valence-electron chi connectivity index (χ4n) is 1.63. The van der Waals surface area contributed by atoms with Crippen molar-refractivity contribution in [2.45, 2.75) is 25.8 Å². The van der Waals surface area contributed by atoms with Crippen molar-refractivity contribution >= 4 is 40.6 Å². The molecule has 0 heterocycles. The van der Waals surface area contributed by atoms with Gasteiger partial charge in [0, 0.05) is 6.04 Å². The van der Waals surface area contributed by atoms with Crippen molar-refractivity contribution < 1.29 is 19.4 Å². The van der Waals surface area contributed by atoms with E-state index in [1.165, 1.54) is 6.21 Å². The number of rotatable bonds is 5. The van der Waals surface area contributed by atoms with Gasteiger partial charge in [-0.25, -0.2) is 5.43 Å². The largest absolute Gasteiger partial charge is 0.504 e. The molecule has 1 fully saturated rings. The number of halogens is 1. The number of ether oxygens (including phenoxy) is 1. The van der Waals surface area contributed by atoms with E-state index >= 15 is 0 Å². The standard InChI is InChI=1S/C14H16IN3O4/c1-2-22-11-6-8(5-10(15)12(11)19)7-16-18-14(21)13(20)17-9-3-4-9/h5-7,9,19H,2-4H2,1H3,(H,17,20)(H,18,21)/b16-7-. The number of nitrogens with one attached hydrogen (secondary N) is 2. The lowest BCUT2D eigenvalue weighted by Crippen LogP contribution is -2.38. The molecule has 0 aliphatic heterocycles. The number of nitrogens with zero attached hydrogens (tertiary/aromatic N) is 1. The van der Waals surface area contributed by atoms with Crippen LogP contribution in [0.5, 0.6) is 11.5 Å². The van der Waals surface area contributed by atoms with Crippen molar-refractivity contribution in [3.63, 3.8) is 0 Å². The van der Waals surface area contributed by atoms with E-state index in [-0.39, 0.29) is 11.8 Å². The summed E-state index contributed by atoms with van der Waals surface area (Å²) in [4.78, 5) is 22.9. The number of hydrogen-bond acceptors (Lipinski definition) is 5. The SMILES string of the molecule is CCOc1cc(/C=N\NC(=O)C(=O)NC2CC2)cc(I)c1O. The van der Waals surface area contributed by atoms with Crippen molar-refractivity contribution in [3.8, 4) is 11.5 Å². The molecule has 2 rings (SSSR count). The fraction of sp³-hybridized carbons (Fsp3) is 0.357. The van der Waals surface area contributed by atoms with Crippen LogP contribution in [0, 0.1) is 3.57 Å². The summed E-state index contributed by atoms with van der Waals surface area (Å²) in [7, 11) is 0. The molecule has 0 spiro atoms. The number of aromatic hydroxyl groups is 1. The predicted molar refractivity (Wildman–Crippen MR) is 88.9 cm³/mol. The maximum absolute atomic E-state index is 11.5. The number of hydrazone groups is 1. The normalized spacial score (nSPS) is 13.9. The van der Waals surface area contributed by atoms with Crippen LogP contribution in [0.1, 0.15) is 25.3 Å². The Kier molecular flexibility index (Phi) is 5.58. The van der Waals surface area contributed by atoms with Crippen LogP contribution in [0.15, 0.2) is 17.2 Å². The molecule has 0 aromatic heterocycles. The molecular weight excluding hydrogens is 401 g/mol. The first-order valence-corrected chi connectivity index (χ1v) is 7.88. The van der Waals surface area contributed by atoms with Gasteiger partial charge in [-0.2, -0.15) is 5.10 Å². The predicted octanol–water partition coefficient (Wildman–Crippen LogP) is 1.12. The molecule has 0 saturated heterocycles. The highest BCUT2D eigenvalue weighted by molar-refractivity contribution is 14.1. The van der Waals surface area contributed by atoms with Crippen molar-refractivity contribution in [1.29, 1.82) is 0 Å². The summed E-state index contributed by atoms with van der Waals surface area (Å²) in [5, 5.41) is 16.1. The Morgan fingerprint density at radius 2 is 2.18 bits per heavy atom. The first-order valence-electron chi connectivity index (χ1n) is 6.80. The summed E-state index contributed by atoms with van der Waals surface area (Å²) in [6.45, 7) is 2.23. The van der Waals surface area contributed by atoms with Crippen LogP contribution in [0.4, 0.5) is 0 Å². The first-order chi connectivity index (χ1) is 10.5. The average Bonchev–Trinajstić information content (AvgIpc) is 3.28. The highest BCUT2D eigenvalue weighted by Gasteiger charge is 2.26. The minimum atomic E-state index is -0.804. The summed E-state index contributed by atoms with van der Waals surface area (Å²) in [6.07, 6.45) is 3.20. The van der Waals surface area contributed by atoms with Gasteiger partial charge in [-0.3, -0.25) is 9.59 Å². The van der Waals surface area contributed by atoms with Gasteiger partial charge in [0.1, 0.15) is 0 Å². The zero-order chi connectivity index (χ0) is 16.1. The zero-order valence-corrected chi connectivity index (χ0v) is 14.1. The van der Waals surface area contributed by atoms with Crippen LogP contribution in [0.3, 0.4) is 0 Å². The average molecular weight is 417 g/mol. The number of amides is 2. The van der Waals surface area contributed by atoms with E-state index in [4.69, 9.17) is 4.74 Å². The molecule has 1 aliphatic carbocycles. The molecule has 0 radical (unpaired) electrons. The summed E-state index contributed by atoms with van der Waals surface area (Å²) in [6, 6.07) is 3.40. The topological polar surface area (TPSA) is 100 Å². The van der Waals surface area contributed by atoms with Crippen LogP contribution in [0.2, 0.25) is 0 Å². The Labute approximate surface area is 141 Å². The smallest absolute Gasteiger partial charge is 0.329 e. The Hall–Kier alpha value is -1.84. The number of hydrogen-bond donors (Lipinski definition) is 3. The van der Waals surface area contributed by atoms with Crippen LogP contribution < -0.4 is 15.5 Å². The van der Waals surface area contributed by atoms with Gasteiger partial charge < -0.3 is 15.2 Å². The molecule has 1 aromatic carbocycles. The van der Waals surface area contributed by atoms with Crippen molar-refractivity contribution in [1.82, 2.24) is 10.7 Å². The van der Waals surface area contributed by atoms with Crippen LogP contribution in [-0.2, 0) is 9.59 Å². The van der Waals surface area contributed by atoms with E-state index in [1.807, 2.05) is 29.5 Å². The highest BCUT2D eigenvalue weighted by atomic mass is 127. The number of carbonyl (C=O) groups is 2. The van der Waals surface area contributed by atoms with Gasteiger partial charge in [0.2, 0.25) is 0 Å². The third-order valence-electron chi connectivity index (χ3n) is 2.85. The summed E-state index contributed by atoms with van der Waals surface area (Å²) >= 11 is 1.97. The molecular formula is C14H16IN3O4. The molecule has 2 amide bonds. The number of benzene rings is 1. The fourth-order valence-corrected chi connectivity index (χ4v) is 2.25. The third-order valence-corrected chi connectivity index (χ3v) is 3.67. The first kappa shape index (κ1) is 16.5. The van der Waals surface area contributed by atoms with Crippen molar-refractivity contribution in [3.05, 3.63) is 21.3 Å². The molecule has 8 heteroatoms. The monoisotopic (exact) mass is 417 g/mol. The lowest BCUT2D eigenvalue weighted by atomic mass is 10.2. The molecule has 3 N–H and O–H groups in total. The molecule has 0 atom stereocenters. The summed E-state index contributed by atoms with van der Waals surface area (Å²) < 4.78 is 5.91. The lowest BCUT2D eigenvalue weighted by molar-refractivity contribution is -0.139.